The van der Waals surface area contributed by atoms with Crippen molar-refractivity contribution in [3.05, 3.63) is 75.1 Å². The minimum absolute atomic E-state index is 0.123. The number of ether oxygens (including phenoxy) is 1. The minimum Gasteiger partial charge on any atom is -0.494 e. The maximum atomic E-state index is 13.1. The summed E-state index contributed by atoms with van der Waals surface area (Å²) in [5.74, 6) is 0.475. The molecule has 0 aliphatic heterocycles. The number of benzene rings is 2. The van der Waals surface area contributed by atoms with E-state index in [2.05, 4.69) is 26.2 Å². The first-order valence-corrected chi connectivity index (χ1v) is 11.0. The molecule has 0 saturated heterocycles. The molecule has 0 fully saturated rings. The van der Waals surface area contributed by atoms with Crippen LogP contribution in [-0.2, 0) is 11.3 Å². The molecule has 4 aromatic rings. The van der Waals surface area contributed by atoms with Crippen LogP contribution in [0, 0.1) is 0 Å². The van der Waals surface area contributed by atoms with Crippen LogP contribution in [0.3, 0.4) is 0 Å². The first-order chi connectivity index (χ1) is 14.6. The topological polar surface area (TPSA) is 73.2 Å². The van der Waals surface area contributed by atoms with Crippen molar-refractivity contribution in [2.24, 2.45) is 0 Å². The molecule has 30 heavy (non-hydrogen) atoms. The number of halogens is 1. The van der Waals surface area contributed by atoms with Crippen LogP contribution in [0.25, 0.3) is 21.3 Å². The van der Waals surface area contributed by atoms with Crippen molar-refractivity contribution >= 4 is 49.1 Å². The molecule has 152 valence electrons. The standard InChI is InChI=1S/C22H18BrN3O3S/c1-2-29-15-9-7-14(8-10-15)16-12-30-21-20(16)22(28)26(13-24-21)11-19(27)25-18-6-4-3-5-17(18)23/h3-10,12-13H,2,11H2,1H3,(H,25,27). The summed E-state index contributed by atoms with van der Waals surface area (Å²) in [6.07, 6.45) is 1.42. The summed E-state index contributed by atoms with van der Waals surface area (Å²) in [4.78, 5) is 30.6. The highest BCUT2D eigenvalue weighted by Gasteiger charge is 2.15. The molecule has 8 heteroatoms. The van der Waals surface area contributed by atoms with Gasteiger partial charge in [0.2, 0.25) is 5.91 Å². The van der Waals surface area contributed by atoms with Crippen LogP contribution in [-0.4, -0.2) is 22.1 Å². The van der Waals surface area contributed by atoms with Gasteiger partial charge in [0.25, 0.3) is 5.56 Å². The third kappa shape index (κ3) is 4.15. The molecule has 2 aromatic carbocycles. The van der Waals surface area contributed by atoms with Crippen LogP contribution >= 0.6 is 27.3 Å². The number of hydrogen-bond acceptors (Lipinski definition) is 5. The SMILES string of the molecule is CCOc1ccc(-c2csc3ncn(CC(=O)Nc4ccccc4Br)c(=O)c23)cc1. The fraction of sp³-hybridized carbons (Fsp3) is 0.136. The van der Waals surface area contributed by atoms with Crippen molar-refractivity contribution in [3.63, 3.8) is 0 Å². The molecule has 0 unspecified atom stereocenters. The molecule has 6 nitrogen and oxygen atoms in total. The van der Waals surface area contributed by atoms with Gasteiger partial charge >= 0.3 is 0 Å². The molecule has 1 amide bonds. The molecule has 0 aliphatic carbocycles. The monoisotopic (exact) mass is 483 g/mol. The third-order valence-corrected chi connectivity index (χ3v) is 6.08. The Morgan fingerprint density at radius 3 is 2.70 bits per heavy atom. The zero-order valence-electron chi connectivity index (χ0n) is 16.1. The third-order valence-electron chi connectivity index (χ3n) is 4.50. The highest BCUT2D eigenvalue weighted by Crippen LogP contribution is 2.31. The number of amides is 1. The Morgan fingerprint density at radius 1 is 1.20 bits per heavy atom. The fourth-order valence-electron chi connectivity index (χ4n) is 3.10. The normalized spacial score (nSPS) is 10.9. The Hall–Kier alpha value is -2.97. The Kier molecular flexibility index (Phi) is 5.96. The van der Waals surface area contributed by atoms with Gasteiger partial charge in [-0.25, -0.2) is 4.98 Å². The number of hydrogen-bond donors (Lipinski definition) is 1. The second-order valence-corrected chi connectivity index (χ2v) is 8.21. The van der Waals surface area contributed by atoms with E-state index in [4.69, 9.17) is 4.74 Å². The predicted octanol–water partition coefficient (Wildman–Crippen LogP) is 4.92. The van der Waals surface area contributed by atoms with Crippen molar-refractivity contribution < 1.29 is 9.53 Å². The van der Waals surface area contributed by atoms with E-state index in [0.717, 1.165) is 21.3 Å². The van der Waals surface area contributed by atoms with E-state index in [1.54, 1.807) is 6.07 Å². The Bertz CT molecular complexity index is 1260. The molecule has 0 atom stereocenters. The Balaban J connectivity index is 1.63. The van der Waals surface area contributed by atoms with Crippen LogP contribution in [0.5, 0.6) is 5.75 Å². The van der Waals surface area contributed by atoms with Gasteiger partial charge in [0.1, 0.15) is 17.1 Å². The van der Waals surface area contributed by atoms with E-state index >= 15 is 0 Å². The van der Waals surface area contributed by atoms with Crippen molar-refractivity contribution in [1.82, 2.24) is 9.55 Å². The maximum absolute atomic E-state index is 13.1. The first-order valence-electron chi connectivity index (χ1n) is 9.31. The molecule has 2 aromatic heterocycles. The summed E-state index contributed by atoms with van der Waals surface area (Å²) < 4.78 is 7.59. The summed E-state index contributed by atoms with van der Waals surface area (Å²) >= 11 is 4.81. The zero-order valence-corrected chi connectivity index (χ0v) is 18.5. The van der Waals surface area contributed by atoms with Crippen LogP contribution in [0.1, 0.15) is 6.92 Å². The van der Waals surface area contributed by atoms with Gasteiger partial charge in [-0.3, -0.25) is 14.2 Å². The molecule has 0 saturated carbocycles. The molecule has 4 rings (SSSR count). The van der Waals surface area contributed by atoms with Crippen molar-refractivity contribution in [1.29, 1.82) is 0 Å². The number of nitrogens with zero attached hydrogens (tertiary/aromatic N) is 2. The fourth-order valence-corrected chi connectivity index (χ4v) is 4.39. The van der Waals surface area contributed by atoms with Gasteiger partial charge in [-0.1, -0.05) is 24.3 Å². The summed E-state index contributed by atoms with van der Waals surface area (Å²) in [5, 5.41) is 5.24. The Morgan fingerprint density at radius 2 is 1.97 bits per heavy atom. The number of carbonyl (C=O) groups is 1. The van der Waals surface area contributed by atoms with Gasteiger partial charge in [0.05, 0.1) is 24.0 Å². The molecule has 0 spiro atoms. The van der Waals surface area contributed by atoms with Crippen LogP contribution in [0.15, 0.2) is 69.5 Å². The van der Waals surface area contributed by atoms with E-state index < -0.39 is 0 Å². The highest BCUT2D eigenvalue weighted by atomic mass is 79.9. The highest BCUT2D eigenvalue weighted by molar-refractivity contribution is 9.10. The number of para-hydroxylation sites is 1. The van der Waals surface area contributed by atoms with Gasteiger partial charge in [-0.05, 0) is 52.7 Å². The van der Waals surface area contributed by atoms with E-state index in [-0.39, 0.29) is 18.0 Å². The smallest absolute Gasteiger partial charge is 0.263 e. The van der Waals surface area contributed by atoms with E-state index in [9.17, 15) is 9.59 Å². The van der Waals surface area contributed by atoms with Crippen LogP contribution < -0.4 is 15.6 Å². The average Bonchev–Trinajstić information content (AvgIpc) is 3.18. The molecule has 1 N–H and O–H groups in total. The number of fused-ring (bicyclic) bond motifs is 1. The first kappa shape index (κ1) is 20.3. The van der Waals surface area contributed by atoms with Gasteiger partial charge in [-0.2, -0.15) is 0 Å². The molecule has 0 radical (unpaired) electrons. The van der Waals surface area contributed by atoms with Gasteiger partial charge in [0, 0.05) is 15.4 Å². The summed E-state index contributed by atoms with van der Waals surface area (Å²) in [5.41, 5.74) is 2.11. The Labute approximate surface area is 185 Å². The maximum Gasteiger partial charge on any atom is 0.263 e. The van der Waals surface area contributed by atoms with Crippen molar-refractivity contribution in [2.75, 3.05) is 11.9 Å². The van der Waals surface area contributed by atoms with Crippen molar-refractivity contribution in [2.45, 2.75) is 13.5 Å². The number of anilines is 1. The second kappa shape index (κ2) is 8.81. The lowest BCUT2D eigenvalue weighted by molar-refractivity contribution is -0.116. The molecular weight excluding hydrogens is 466 g/mol. The lowest BCUT2D eigenvalue weighted by atomic mass is 10.1. The van der Waals surface area contributed by atoms with Gasteiger partial charge in [0.15, 0.2) is 0 Å². The van der Waals surface area contributed by atoms with Crippen LogP contribution in [0.2, 0.25) is 0 Å². The van der Waals surface area contributed by atoms with E-state index in [1.807, 2.05) is 54.8 Å². The lowest BCUT2D eigenvalue weighted by Gasteiger charge is -2.09. The summed E-state index contributed by atoms with van der Waals surface area (Å²) in [6, 6.07) is 14.9. The van der Waals surface area contributed by atoms with E-state index in [1.165, 1.54) is 22.2 Å². The number of rotatable bonds is 6. The number of nitrogens with one attached hydrogen (secondary N) is 1. The van der Waals surface area contributed by atoms with Crippen LogP contribution in [0.4, 0.5) is 5.69 Å². The largest absolute Gasteiger partial charge is 0.494 e. The number of carbonyl (C=O) groups excluding carboxylic acids is 1. The molecule has 2 heterocycles. The minimum atomic E-state index is -0.303. The quantitative estimate of drug-likeness (QED) is 0.422. The molecule has 0 aliphatic rings. The van der Waals surface area contributed by atoms with E-state index in [0.29, 0.717) is 22.5 Å². The number of thiophene rings is 1. The second-order valence-electron chi connectivity index (χ2n) is 6.49. The van der Waals surface area contributed by atoms with Crippen molar-refractivity contribution in [3.8, 4) is 16.9 Å². The number of aromatic nitrogens is 2. The lowest BCUT2D eigenvalue weighted by Crippen LogP contribution is -2.27. The van der Waals surface area contributed by atoms with Gasteiger partial charge in [-0.15, -0.1) is 11.3 Å². The molecule has 0 bridgehead atoms. The summed E-state index contributed by atoms with van der Waals surface area (Å²) in [7, 11) is 0. The summed E-state index contributed by atoms with van der Waals surface area (Å²) in [6.45, 7) is 2.40. The zero-order chi connectivity index (χ0) is 21.1. The average molecular weight is 484 g/mol. The van der Waals surface area contributed by atoms with Gasteiger partial charge < -0.3 is 10.1 Å². The predicted molar refractivity (Wildman–Crippen MR) is 123 cm³/mol. The molecular formula is C22H18BrN3O3S.